The van der Waals surface area contributed by atoms with Gasteiger partial charge in [-0.2, -0.15) is 0 Å². The molecule has 1 saturated heterocycles. The number of rotatable bonds is 5. The Balaban J connectivity index is 2.25. The molecule has 1 fully saturated rings. The molecule has 1 N–H and O–H groups in total. The second kappa shape index (κ2) is 7.34. The molecule has 0 spiro atoms. The standard InChI is InChI=1S/C17H28FN3/c1-5-8-19-17(14-6-7-15(18)13(2)11-14)16-12-20(3)9-10-21(16)4/h6-7,11,16-17,19H,5,8-10,12H2,1-4H3. The van der Waals surface area contributed by atoms with E-state index in [4.69, 9.17) is 0 Å². The molecule has 1 aliphatic rings. The van der Waals surface area contributed by atoms with Gasteiger partial charge in [-0.25, -0.2) is 4.39 Å². The number of nitrogens with zero attached hydrogens (tertiary/aromatic N) is 2. The number of likely N-dealkylation sites (N-methyl/N-ethyl adjacent to an activating group) is 2. The minimum absolute atomic E-state index is 0.123. The fourth-order valence-corrected chi connectivity index (χ4v) is 3.04. The van der Waals surface area contributed by atoms with Crippen molar-refractivity contribution in [1.82, 2.24) is 15.1 Å². The molecule has 1 aliphatic heterocycles. The lowest BCUT2D eigenvalue weighted by Crippen LogP contribution is -2.55. The van der Waals surface area contributed by atoms with E-state index < -0.39 is 0 Å². The number of aryl methyl sites for hydroxylation is 1. The zero-order chi connectivity index (χ0) is 15.4. The average molecular weight is 293 g/mol. The van der Waals surface area contributed by atoms with E-state index in [0.29, 0.717) is 6.04 Å². The summed E-state index contributed by atoms with van der Waals surface area (Å²) in [6, 6.07) is 6.18. The zero-order valence-electron chi connectivity index (χ0n) is 13.7. The van der Waals surface area contributed by atoms with Crippen LogP contribution in [0.15, 0.2) is 18.2 Å². The van der Waals surface area contributed by atoms with E-state index in [1.807, 2.05) is 19.1 Å². The quantitative estimate of drug-likeness (QED) is 0.899. The zero-order valence-corrected chi connectivity index (χ0v) is 13.7. The molecule has 0 aliphatic carbocycles. The van der Waals surface area contributed by atoms with Crippen LogP contribution in [0.3, 0.4) is 0 Å². The van der Waals surface area contributed by atoms with E-state index in [1.165, 1.54) is 5.56 Å². The van der Waals surface area contributed by atoms with Crippen LogP contribution in [0.5, 0.6) is 0 Å². The van der Waals surface area contributed by atoms with E-state index in [-0.39, 0.29) is 11.9 Å². The van der Waals surface area contributed by atoms with Crippen LogP contribution in [-0.2, 0) is 0 Å². The monoisotopic (exact) mass is 293 g/mol. The minimum atomic E-state index is -0.123. The molecule has 4 heteroatoms. The highest BCUT2D eigenvalue weighted by molar-refractivity contribution is 5.28. The summed E-state index contributed by atoms with van der Waals surface area (Å²) >= 11 is 0. The normalized spacial score (nSPS) is 22.4. The Bertz CT molecular complexity index is 463. The van der Waals surface area contributed by atoms with Gasteiger partial charge in [0.05, 0.1) is 0 Å². The van der Waals surface area contributed by atoms with Crippen LogP contribution in [0.1, 0.15) is 30.5 Å². The maximum Gasteiger partial charge on any atom is 0.126 e. The largest absolute Gasteiger partial charge is 0.309 e. The third kappa shape index (κ3) is 4.02. The van der Waals surface area contributed by atoms with Gasteiger partial charge >= 0.3 is 0 Å². The Labute approximate surface area is 128 Å². The van der Waals surface area contributed by atoms with Gasteiger partial charge < -0.3 is 10.2 Å². The van der Waals surface area contributed by atoms with Crippen LogP contribution in [0, 0.1) is 12.7 Å². The number of piperazine rings is 1. The Morgan fingerprint density at radius 1 is 1.33 bits per heavy atom. The minimum Gasteiger partial charge on any atom is -0.309 e. The van der Waals surface area contributed by atoms with Gasteiger partial charge in [-0.05, 0) is 51.2 Å². The Hall–Kier alpha value is -0.970. The predicted molar refractivity (Wildman–Crippen MR) is 86.1 cm³/mol. The van der Waals surface area contributed by atoms with E-state index >= 15 is 0 Å². The highest BCUT2D eigenvalue weighted by atomic mass is 19.1. The first-order chi connectivity index (χ1) is 10.0. The number of hydrogen-bond donors (Lipinski definition) is 1. The molecule has 0 aromatic heterocycles. The summed E-state index contributed by atoms with van der Waals surface area (Å²) in [4.78, 5) is 4.80. The lowest BCUT2D eigenvalue weighted by molar-refractivity contribution is 0.0876. The molecule has 0 amide bonds. The first kappa shape index (κ1) is 16.4. The maximum atomic E-state index is 13.6. The van der Waals surface area contributed by atoms with Crippen molar-refractivity contribution >= 4 is 0 Å². The fourth-order valence-electron chi connectivity index (χ4n) is 3.04. The third-order valence-electron chi connectivity index (χ3n) is 4.44. The van der Waals surface area contributed by atoms with Gasteiger partial charge in [0.2, 0.25) is 0 Å². The molecule has 1 heterocycles. The van der Waals surface area contributed by atoms with Crippen LogP contribution in [0.4, 0.5) is 4.39 Å². The number of benzene rings is 1. The molecule has 0 saturated carbocycles. The van der Waals surface area contributed by atoms with Crippen molar-refractivity contribution in [2.75, 3.05) is 40.3 Å². The SMILES string of the molecule is CCCNC(c1ccc(F)c(C)c1)C1CN(C)CCN1C. The molecule has 1 aromatic carbocycles. The van der Waals surface area contributed by atoms with Gasteiger partial charge in [0.15, 0.2) is 0 Å². The van der Waals surface area contributed by atoms with Gasteiger partial charge in [0.25, 0.3) is 0 Å². The summed E-state index contributed by atoms with van der Waals surface area (Å²) in [5, 5.41) is 3.66. The van der Waals surface area contributed by atoms with E-state index in [1.54, 1.807) is 6.07 Å². The van der Waals surface area contributed by atoms with Crippen molar-refractivity contribution in [3.05, 3.63) is 35.1 Å². The molecule has 21 heavy (non-hydrogen) atoms. The fraction of sp³-hybridized carbons (Fsp3) is 0.647. The summed E-state index contributed by atoms with van der Waals surface area (Å²) in [5.74, 6) is -0.123. The summed E-state index contributed by atoms with van der Waals surface area (Å²) in [6.45, 7) is 8.22. The highest BCUT2D eigenvalue weighted by Gasteiger charge is 2.30. The van der Waals surface area contributed by atoms with Gasteiger partial charge in [-0.1, -0.05) is 19.1 Å². The molecular weight excluding hydrogens is 265 g/mol. The van der Waals surface area contributed by atoms with E-state index in [0.717, 1.165) is 38.2 Å². The van der Waals surface area contributed by atoms with Crippen molar-refractivity contribution in [3.8, 4) is 0 Å². The molecule has 0 radical (unpaired) electrons. The second-order valence-corrected chi connectivity index (χ2v) is 6.25. The van der Waals surface area contributed by atoms with Crippen LogP contribution in [0.25, 0.3) is 0 Å². The van der Waals surface area contributed by atoms with Gasteiger partial charge in [0, 0.05) is 31.7 Å². The smallest absolute Gasteiger partial charge is 0.126 e. The van der Waals surface area contributed by atoms with Crippen molar-refractivity contribution < 1.29 is 4.39 Å². The Kier molecular flexibility index (Phi) is 5.73. The molecule has 2 rings (SSSR count). The summed E-state index contributed by atoms with van der Waals surface area (Å²) in [5.41, 5.74) is 1.91. The lowest BCUT2D eigenvalue weighted by atomic mass is 9.94. The summed E-state index contributed by atoms with van der Waals surface area (Å²) in [6.07, 6.45) is 1.10. The second-order valence-electron chi connectivity index (χ2n) is 6.25. The van der Waals surface area contributed by atoms with Crippen molar-refractivity contribution in [1.29, 1.82) is 0 Å². The van der Waals surface area contributed by atoms with Crippen LogP contribution < -0.4 is 5.32 Å². The van der Waals surface area contributed by atoms with Crippen molar-refractivity contribution in [3.63, 3.8) is 0 Å². The first-order valence-electron chi connectivity index (χ1n) is 7.91. The lowest BCUT2D eigenvalue weighted by Gasteiger charge is -2.42. The van der Waals surface area contributed by atoms with E-state index in [9.17, 15) is 4.39 Å². The number of nitrogens with one attached hydrogen (secondary N) is 1. The summed E-state index contributed by atoms with van der Waals surface area (Å²) in [7, 11) is 4.36. The van der Waals surface area contributed by atoms with Crippen LogP contribution >= 0.6 is 0 Å². The maximum absolute atomic E-state index is 13.6. The van der Waals surface area contributed by atoms with Crippen molar-refractivity contribution in [2.45, 2.75) is 32.4 Å². The Morgan fingerprint density at radius 2 is 2.10 bits per heavy atom. The van der Waals surface area contributed by atoms with Gasteiger partial charge in [0.1, 0.15) is 5.82 Å². The third-order valence-corrected chi connectivity index (χ3v) is 4.44. The Morgan fingerprint density at radius 3 is 2.76 bits per heavy atom. The molecular formula is C17H28FN3. The summed E-state index contributed by atoms with van der Waals surface area (Å²) < 4.78 is 13.6. The van der Waals surface area contributed by atoms with E-state index in [2.05, 4.69) is 36.1 Å². The topological polar surface area (TPSA) is 18.5 Å². The highest BCUT2D eigenvalue weighted by Crippen LogP contribution is 2.25. The average Bonchev–Trinajstić information content (AvgIpc) is 2.46. The van der Waals surface area contributed by atoms with Crippen LogP contribution in [-0.4, -0.2) is 56.1 Å². The van der Waals surface area contributed by atoms with Gasteiger partial charge in [-0.3, -0.25) is 4.90 Å². The molecule has 2 atom stereocenters. The number of halogens is 1. The van der Waals surface area contributed by atoms with Crippen molar-refractivity contribution in [2.24, 2.45) is 0 Å². The van der Waals surface area contributed by atoms with Crippen LogP contribution in [0.2, 0.25) is 0 Å². The van der Waals surface area contributed by atoms with Gasteiger partial charge in [-0.15, -0.1) is 0 Å². The molecule has 3 nitrogen and oxygen atoms in total. The molecule has 2 unspecified atom stereocenters. The molecule has 1 aromatic rings. The number of hydrogen-bond acceptors (Lipinski definition) is 3. The molecule has 0 bridgehead atoms. The first-order valence-corrected chi connectivity index (χ1v) is 7.91. The molecule has 118 valence electrons. The predicted octanol–water partition coefficient (Wildman–Crippen LogP) is 2.42.